The summed E-state index contributed by atoms with van der Waals surface area (Å²) < 4.78 is 0. The SMILES string of the molecule is CN1CSc2ccc(/C=C(/Cl)C3=C(C=C=C4Sc5ccc(Cl)cc5N4C)CC=CC3=O)cc21. The Balaban J connectivity index is 1.50. The Bertz CT molecular complexity index is 1340. The van der Waals surface area contributed by atoms with Crippen LogP contribution in [0, 0.1) is 0 Å². The first-order valence-corrected chi connectivity index (χ1v) is 12.9. The number of fused-ring (bicyclic) bond motifs is 2. The van der Waals surface area contributed by atoms with E-state index in [1.54, 1.807) is 17.8 Å². The molecule has 0 atom stereocenters. The van der Waals surface area contributed by atoms with Crippen LogP contribution in [0.15, 0.2) is 91.4 Å². The number of thioether (sulfide) groups is 2. The first kappa shape index (κ1) is 22.5. The molecule has 33 heavy (non-hydrogen) atoms. The number of nitrogens with zero attached hydrogens (tertiary/aromatic N) is 2. The molecule has 1 aliphatic carbocycles. The van der Waals surface area contributed by atoms with Gasteiger partial charge in [0.1, 0.15) is 5.03 Å². The number of ketones is 1. The maximum atomic E-state index is 12.8. The highest BCUT2D eigenvalue weighted by Gasteiger charge is 2.23. The van der Waals surface area contributed by atoms with Crippen molar-refractivity contribution in [3.8, 4) is 0 Å². The monoisotopic (exact) mass is 510 g/mol. The van der Waals surface area contributed by atoms with Gasteiger partial charge in [-0.05, 0) is 66.1 Å². The van der Waals surface area contributed by atoms with Crippen molar-refractivity contribution in [2.45, 2.75) is 16.2 Å². The molecular weight excluding hydrogens is 491 g/mol. The summed E-state index contributed by atoms with van der Waals surface area (Å²) in [6.45, 7) is 0. The van der Waals surface area contributed by atoms with Crippen LogP contribution < -0.4 is 9.80 Å². The summed E-state index contributed by atoms with van der Waals surface area (Å²) in [5.41, 5.74) is 7.97. The largest absolute Gasteiger partial charge is 0.364 e. The van der Waals surface area contributed by atoms with Gasteiger partial charge in [-0.25, -0.2) is 0 Å². The third-order valence-electron chi connectivity index (χ3n) is 5.68. The van der Waals surface area contributed by atoms with Crippen molar-refractivity contribution in [3.05, 3.63) is 92.2 Å². The first-order chi connectivity index (χ1) is 15.9. The Morgan fingerprint density at radius 1 is 1.12 bits per heavy atom. The fourth-order valence-corrected chi connectivity index (χ4v) is 6.44. The van der Waals surface area contributed by atoms with Gasteiger partial charge in [-0.15, -0.1) is 11.8 Å². The van der Waals surface area contributed by atoms with Crippen molar-refractivity contribution >= 4 is 70.0 Å². The third-order valence-corrected chi connectivity index (χ3v) is 8.53. The van der Waals surface area contributed by atoms with E-state index in [4.69, 9.17) is 23.2 Å². The summed E-state index contributed by atoms with van der Waals surface area (Å²) >= 11 is 16.3. The van der Waals surface area contributed by atoms with Crippen molar-refractivity contribution in [3.63, 3.8) is 0 Å². The van der Waals surface area contributed by atoms with Gasteiger partial charge in [-0.2, -0.15) is 0 Å². The highest BCUT2D eigenvalue weighted by Crippen LogP contribution is 2.45. The van der Waals surface area contributed by atoms with Crippen molar-refractivity contribution < 1.29 is 4.79 Å². The zero-order valence-corrected chi connectivity index (χ0v) is 21.2. The summed E-state index contributed by atoms with van der Waals surface area (Å²) in [6, 6.07) is 12.1. The summed E-state index contributed by atoms with van der Waals surface area (Å²) in [4.78, 5) is 19.4. The van der Waals surface area contributed by atoms with Gasteiger partial charge >= 0.3 is 0 Å². The average molecular weight is 511 g/mol. The van der Waals surface area contributed by atoms with Crippen LogP contribution in [0.3, 0.4) is 0 Å². The second kappa shape index (κ2) is 9.17. The van der Waals surface area contributed by atoms with E-state index in [1.165, 1.54) is 10.6 Å². The average Bonchev–Trinajstić information content (AvgIpc) is 3.31. The fraction of sp³-hybridized carbons (Fsp3) is 0.154. The van der Waals surface area contributed by atoms with Crippen LogP contribution >= 0.6 is 46.7 Å². The van der Waals surface area contributed by atoms with Gasteiger partial charge in [0.25, 0.3) is 0 Å². The van der Waals surface area contributed by atoms with Gasteiger partial charge in [0, 0.05) is 34.5 Å². The molecule has 0 unspecified atom stereocenters. The Labute approximate surface area is 212 Å². The molecule has 0 fully saturated rings. The fourth-order valence-electron chi connectivity index (χ4n) is 3.93. The van der Waals surface area contributed by atoms with Gasteiger partial charge in [0.15, 0.2) is 5.78 Å². The van der Waals surface area contributed by atoms with Crippen molar-refractivity contribution in [2.24, 2.45) is 0 Å². The van der Waals surface area contributed by atoms with Gasteiger partial charge in [-0.3, -0.25) is 4.79 Å². The molecule has 2 heterocycles. The molecule has 3 aliphatic rings. The van der Waals surface area contributed by atoms with E-state index in [-0.39, 0.29) is 5.78 Å². The van der Waals surface area contributed by atoms with E-state index in [1.807, 2.05) is 61.3 Å². The predicted octanol–water partition coefficient (Wildman–Crippen LogP) is 7.48. The molecule has 0 radical (unpaired) electrons. The van der Waals surface area contributed by atoms with Gasteiger partial charge in [0.05, 0.1) is 22.3 Å². The van der Waals surface area contributed by atoms with Crippen molar-refractivity contribution in [1.29, 1.82) is 0 Å². The van der Waals surface area contributed by atoms with E-state index in [9.17, 15) is 4.79 Å². The number of allylic oxidation sites excluding steroid dienone is 6. The maximum Gasteiger partial charge on any atom is 0.187 e. The summed E-state index contributed by atoms with van der Waals surface area (Å²) in [5, 5.41) is 2.09. The van der Waals surface area contributed by atoms with Crippen LogP contribution in [0.5, 0.6) is 0 Å². The molecule has 0 N–H and O–H groups in total. The molecule has 0 saturated heterocycles. The molecule has 166 valence electrons. The molecule has 0 saturated carbocycles. The number of carbonyl (C=O) groups excluding carboxylic acids is 1. The summed E-state index contributed by atoms with van der Waals surface area (Å²) in [7, 11) is 4.06. The topological polar surface area (TPSA) is 23.6 Å². The molecule has 2 aromatic rings. The molecule has 0 bridgehead atoms. The number of halogens is 2. The quantitative estimate of drug-likeness (QED) is 0.398. The zero-order valence-electron chi connectivity index (χ0n) is 18.1. The predicted molar refractivity (Wildman–Crippen MR) is 142 cm³/mol. The van der Waals surface area contributed by atoms with Crippen molar-refractivity contribution in [2.75, 3.05) is 29.8 Å². The van der Waals surface area contributed by atoms with Crippen LogP contribution in [-0.2, 0) is 4.79 Å². The molecule has 2 aliphatic heterocycles. The second-order valence-electron chi connectivity index (χ2n) is 7.93. The van der Waals surface area contributed by atoms with Crippen LogP contribution in [0.4, 0.5) is 11.4 Å². The lowest BCUT2D eigenvalue weighted by Crippen LogP contribution is -2.10. The molecule has 0 amide bonds. The lowest BCUT2D eigenvalue weighted by Gasteiger charge is -2.14. The Kier molecular flexibility index (Phi) is 6.26. The Morgan fingerprint density at radius 2 is 1.94 bits per heavy atom. The lowest BCUT2D eigenvalue weighted by atomic mass is 9.94. The van der Waals surface area contributed by atoms with Crippen LogP contribution in [0.2, 0.25) is 5.02 Å². The number of hydrogen-bond donors (Lipinski definition) is 0. The zero-order chi connectivity index (χ0) is 23.1. The lowest BCUT2D eigenvalue weighted by molar-refractivity contribution is -0.111. The molecule has 0 aromatic heterocycles. The number of carbonyl (C=O) groups is 1. The van der Waals surface area contributed by atoms with Crippen LogP contribution in [0.25, 0.3) is 6.08 Å². The number of rotatable bonds is 3. The molecule has 0 spiro atoms. The van der Waals surface area contributed by atoms with E-state index >= 15 is 0 Å². The minimum absolute atomic E-state index is 0.0862. The highest BCUT2D eigenvalue weighted by atomic mass is 35.5. The second-order valence-corrected chi connectivity index (χ2v) is 10.8. The smallest absolute Gasteiger partial charge is 0.187 e. The molecule has 3 nitrogen and oxygen atoms in total. The molecule has 2 aromatic carbocycles. The van der Waals surface area contributed by atoms with E-state index in [2.05, 4.69) is 34.7 Å². The first-order valence-electron chi connectivity index (χ1n) is 10.4. The normalized spacial score (nSPS) is 17.5. The minimum Gasteiger partial charge on any atom is -0.364 e. The van der Waals surface area contributed by atoms with E-state index in [0.717, 1.165) is 32.6 Å². The number of benzene rings is 2. The molecule has 5 rings (SSSR count). The van der Waals surface area contributed by atoms with Gasteiger partial charge in [0.2, 0.25) is 0 Å². The standard InChI is InChI=1S/C26H20Cl2N2OS2/c1-29-15-32-23-9-6-16(13-20(23)29)12-19(28)26-17(4-3-5-22(26)31)7-11-25-30(2)21-14-18(27)8-10-24(21)33-25/h3,5-10,12-14H,4,15H2,1-2H3/b19-12+. The van der Waals surface area contributed by atoms with Crippen LogP contribution in [0.1, 0.15) is 12.0 Å². The number of hydrogen-bond acceptors (Lipinski definition) is 5. The Hall–Kier alpha value is -2.27. The molecular formula is C26H20Cl2N2OS2. The number of anilines is 2. The molecule has 7 heteroatoms. The van der Waals surface area contributed by atoms with Crippen molar-refractivity contribution in [1.82, 2.24) is 0 Å². The third kappa shape index (κ3) is 4.44. The Morgan fingerprint density at radius 3 is 2.79 bits per heavy atom. The van der Waals surface area contributed by atoms with E-state index in [0.29, 0.717) is 22.0 Å². The highest BCUT2D eigenvalue weighted by molar-refractivity contribution is 8.03. The van der Waals surface area contributed by atoms with E-state index < -0.39 is 0 Å². The van der Waals surface area contributed by atoms with Gasteiger partial charge in [-0.1, -0.05) is 52.8 Å². The maximum absolute atomic E-state index is 12.8. The summed E-state index contributed by atoms with van der Waals surface area (Å²) in [6.07, 6.45) is 7.85. The van der Waals surface area contributed by atoms with Gasteiger partial charge < -0.3 is 9.80 Å². The summed E-state index contributed by atoms with van der Waals surface area (Å²) in [5.74, 6) is 0.855. The van der Waals surface area contributed by atoms with Crippen LogP contribution in [-0.4, -0.2) is 25.8 Å². The minimum atomic E-state index is -0.0862.